The number of carbonyl (C=O) groups is 2. The lowest BCUT2D eigenvalue weighted by atomic mass is 9.85. The first kappa shape index (κ1) is 18.6. The minimum atomic E-state index is -0.582. The molecule has 0 aliphatic carbocycles. The summed E-state index contributed by atoms with van der Waals surface area (Å²) >= 11 is 6.15. The summed E-state index contributed by atoms with van der Waals surface area (Å²) < 4.78 is 0. The summed E-state index contributed by atoms with van der Waals surface area (Å²) in [4.78, 5) is 29.2. The van der Waals surface area contributed by atoms with E-state index in [1.807, 2.05) is 54.6 Å². The van der Waals surface area contributed by atoms with Gasteiger partial charge < -0.3 is 20.4 Å². The molecule has 4 rings (SSSR count). The Kier molecular flexibility index (Phi) is 5.13. The highest BCUT2D eigenvalue weighted by Crippen LogP contribution is 2.36. The quantitative estimate of drug-likeness (QED) is 0.835. The molecule has 7 heteroatoms. The number of anilines is 1. The Morgan fingerprint density at radius 1 is 1.07 bits per heavy atom. The first-order chi connectivity index (χ1) is 13.6. The number of nitrogens with one attached hydrogen (secondary N) is 2. The number of benzene rings is 2. The average molecular weight is 399 g/mol. The fourth-order valence-electron chi connectivity index (χ4n) is 4.04. The highest BCUT2D eigenvalue weighted by Gasteiger charge is 2.50. The van der Waals surface area contributed by atoms with Crippen LogP contribution in [0.5, 0.6) is 0 Å². The van der Waals surface area contributed by atoms with Crippen LogP contribution in [-0.2, 0) is 11.3 Å². The van der Waals surface area contributed by atoms with Crippen LogP contribution in [0.1, 0.15) is 18.4 Å². The SMILES string of the molecule is O=C(NCc1ccccc1Cl)N1CCC2(CC1)C(=O)NCN2c1ccccc1. The third-order valence-electron chi connectivity index (χ3n) is 5.67. The standard InChI is InChI=1S/C21H23ClN4O2/c22-18-9-5-4-6-16(18)14-23-20(28)25-12-10-21(11-13-25)19(27)24-15-26(21)17-7-2-1-3-8-17/h1-9H,10-15H2,(H,23,28)(H,24,27). The molecule has 6 nitrogen and oxygen atoms in total. The maximum absolute atomic E-state index is 12.7. The molecule has 0 atom stereocenters. The molecule has 0 aromatic heterocycles. The van der Waals surface area contributed by atoms with Gasteiger partial charge in [0, 0.05) is 30.3 Å². The van der Waals surface area contributed by atoms with Gasteiger partial charge in [-0.25, -0.2) is 4.79 Å². The highest BCUT2D eigenvalue weighted by molar-refractivity contribution is 6.31. The Labute approximate surface area is 169 Å². The molecule has 3 amide bonds. The van der Waals surface area contributed by atoms with Gasteiger partial charge >= 0.3 is 6.03 Å². The molecule has 0 radical (unpaired) electrons. The van der Waals surface area contributed by atoms with Gasteiger partial charge in [0.15, 0.2) is 0 Å². The fraction of sp³-hybridized carbons (Fsp3) is 0.333. The van der Waals surface area contributed by atoms with Crippen LogP contribution in [0.4, 0.5) is 10.5 Å². The number of hydrogen-bond donors (Lipinski definition) is 2. The molecule has 2 saturated heterocycles. The summed E-state index contributed by atoms with van der Waals surface area (Å²) in [5.41, 5.74) is 1.33. The van der Waals surface area contributed by atoms with Gasteiger partial charge in [0.05, 0.1) is 6.67 Å². The highest BCUT2D eigenvalue weighted by atomic mass is 35.5. The first-order valence-electron chi connectivity index (χ1n) is 9.47. The second-order valence-corrected chi connectivity index (χ2v) is 7.60. The van der Waals surface area contributed by atoms with Crippen LogP contribution in [0.25, 0.3) is 0 Å². The molecule has 2 aliphatic rings. The number of urea groups is 1. The molecule has 1 spiro atoms. The monoisotopic (exact) mass is 398 g/mol. The van der Waals surface area contributed by atoms with E-state index in [1.165, 1.54) is 0 Å². The summed E-state index contributed by atoms with van der Waals surface area (Å²) in [6.45, 7) is 1.95. The third-order valence-corrected chi connectivity index (χ3v) is 6.04. The van der Waals surface area contributed by atoms with Gasteiger partial charge in [-0.05, 0) is 36.6 Å². The van der Waals surface area contributed by atoms with Gasteiger partial charge in [0.1, 0.15) is 5.54 Å². The number of hydrogen-bond acceptors (Lipinski definition) is 3. The molecule has 2 fully saturated rings. The van der Waals surface area contributed by atoms with Crippen molar-refractivity contribution in [1.82, 2.24) is 15.5 Å². The maximum atomic E-state index is 12.7. The van der Waals surface area contributed by atoms with E-state index in [2.05, 4.69) is 15.5 Å². The molecule has 2 heterocycles. The van der Waals surface area contributed by atoms with Crippen molar-refractivity contribution in [3.05, 3.63) is 65.2 Å². The maximum Gasteiger partial charge on any atom is 0.317 e. The predicted octanol–water partition coefficient (Wildman–Crippen LogP) is 2.98. The third kappa shape index (κ3) is 3.40. The van der Waals surface area contributed by atoms with Crippen LogP contribution < -0.4 is 15.5 Å². The largest absolute Gasteiger partial charge is 0.339 e. The van der Waals surface area contributed by atoms with Crippen molar-refractivity contribution in [2.24, 2.45) is 0 Å². The number of rotatable bonds is 3. The van der Waals surface area contributed by atoms with E-state index < -0.39 is 5.54 Å². The van der Waals surface area contributed by atoms with Gasteiger partial charge in [-0.1, -0.05) is 48.0 Å². The first-order valence-corrected chi connectivity index (χ1v) is 9.85. The predicted molar refractivity (Wildman–Crippen MR) is 109 cm³/mol. The fourth-order valence-corrected chi connectivity index (χ4v) is 4.24. The van der Waals surface area contributed by atoms with Crippen LogP contribution in [-0.4, -0.2) is 42.1 Å². The van der Waals surface area contributed by atoms with Crippen molar-refractivity contribution in [1.29, 1.82) is 0 Å². The Balaban J connectivity index is 1.40. The number of likely N-dealkylation sites (tertiary alicyclic amines) is 1. The molecule has 2 N–H and O–H groups in total. The van der Waals surface area contributed by atoms with Crippen molar-refractivity contribution in [2.75, 3.05) is 24.7 Å². The number of halogens is 1. The van der Waals surface area contributed by atoms with Crippen LogP contribution in [0.2, 0.25) is 5.02 Å². The lowest BCUT2D eigenvalue weighted by Crippen LogP contribution is -2.58. The van der Waals surface area contributed by atoms with Crippen molar-refractivity contribution >= 4 is 29.2 Å². The average Bonchev–Trinajstić information content (AvgIpc) is 3.04. The Bertz CT molecular complexity index is 866. The number of piperidine rings is 1. The molecule has 2 aliphatic heterocycles. The van der Waals surface area contributed by atoms with Crippen molar-refractivity contribution < 1.29 is 9.59 Å². The zero-order valence-corrected chi connectivity index (χ0v) is 16.3. The summed E-state index contributed by atoms with van der Waals surface area (Å²) in [5.74, 6) is 0.0486. The minimum Gasteiger partial charge on any atom is -0.339 e. The zero-order chi connectivity index (χ0) is 19.6. The molecular weight excluding hydrogens is 376 g/mol. The summed E-state index contributed by atoms with van der Waals surface area (Å²) in [7, 11) is 0. The van der Waals surface area contributed by atoms with E-state index >= 15 is 0 Å². The Hall–Kier alpha value is -2.73. The van der Waals surface area contributed by atoms with Gasteiger partial charge in [-0.2, -0.15) is 0 Å². The number of amides is 3. The lowest BCUT2D eigenvalue weighted by Gasteiger charge is -2.43. The van der Waals surface area contributed by atoms with E-state index in [0.717, 1.165) is 11.3 Å². The van der Waals surface area contributed by atoms with Crippen LogP contribution in [0.3, 0.4) is 0 Å². The topological polar surface area (TPSA) is 64.7 Å². The van der Waals surface area contributed by atoms with Crippen LogP contribution in [0, 0.1) is 0 Å². The van der Waals surface area contributed by atoms with E-state index in [9.17, 15) is 9.59 Å². The van der Waals surface area contributed by atoms with E-state index in [-0.39, 0.29) is 11.9 Å². The van der Waals surface area contributed by atoms with Gasteiger partial charge in [0.25, 0.3) is 0 Å². The second kappa shape index (κ2) is 7.72. The number of carbonyl (C=O) groups excluding carboxylic acids is 2. The summed E-state index contributed by atoms with van der Waals surface area (Å²) in [6, 6.07) is 17.3. The van der Waals surface area contributed by atoms with Crippen LogP contribution >= 0.6 is 11.6 Å². The number of para-hydroxylation sites is 1. The van der Waals surface area contributed by atoms with Crippen molar-refractivity contribution in [3.8, 4) is 0 Å². The van der Waals surface area contributed by atoms with Gasteiger partial charge in [0.2, 0.25) is 5.91 Å². The van der Waals surface area contributed by atoms with Crippen LogP contribution in [0.15, 0.2) is 54.6 Å². The molecule has 2 aromatic carbocycles. The molecule has 2 aromatic rings. The molecule has 28 heavy (non-hydrogen) atoms. The smallest absolute Gasteiger partial charge is 0.317 e. The van der Waals surface area contributed by atoms with E-state index in [1.54, 1.807) is 4.90 Å². The molecule has 0 bridgehead atoms. The number of nitrogens with zero attached hydrogens (tertiary/aromatic N) is 2. The Morgan fingerprint density at radius 3 is 2.46 bits per heavy atom. The van der Waals surface area contributed by atoms with Gasteiger partial charge in [-0.3, -0.25) is 4.79 Å². The Morgan fingerprint density at radius 2 is 1.75 bits per heavy atom. The van der Waals surface area contributed by atoms with Gasteiger partial charge in [-0.15, -0.1) is 0 Å². The molecule has 0 unspecified atom stereocenters. The molecule has 0 saturated carbocycles. The second-order valence-electron chi connectivity index (χ2n) is 7.20. The molecular formula is C21H23ClN4O2. The summed E-state index contributed by atoms with van der Waals surface area (Å²) in [5, 5.41) is 6.55. The van der Waals surface area contributed by atoms with E-state index in [4.69, 9.17) is 11.6 Å². The molecule has 146 valence electrons. The minimum absolute atomic E-state index is 0.0486. The summed E-state index contributed by atoms with van der Waals surface area (Å²) in [6.07, 6.45) is 1.21. The van der Waals surface area contributed by atoms with Crippen molar-refractivity contribution in [2.45, 2.75) is 24.9 Å². The zero-order valence-electron chi connectivity index (χ0n) is 15.5. The van der Waals surface area contributed by atoms with Crippen molar-refractivity contribution in [3.63, 3.8) is 0 Å². The lowest BCUT2D eigenvalue weighted by molar-refractivity contribution is -0.124. The van der Waals surface area contributed by atoms with E-state index in [0.29, 0.717) is 44.2 Å². The normalized spacial score (nSPS) is 18.2.